The van der Waals surface area contributed by atoms with Crippen molar-refractivity contribution in [1.82, 2.24) is 5.43 Å². The van der Waals surface area contributed by atoms with Crippen molar-refractivity contribution >= 4 is 12.1 Å². The molecule has 0 aromatic carbocycles. The van der Waals surface area contributed by atoms with E-state index in [9.17, 15) is 4.79 Å². The second-order valence-corrected chi connectivity index (χ2v) is 5.32. The number of carbonyl (C=O) groups is 1. The highest BCUT2D eigenvalue weighted by Gasteiger charge is 2.20. The second kappa shape index (κ2) is 3.90. The molecule has 0 aliphatic carbocycles. The predicted molar refractivity (Wildman–Crippen MR) is 55.5 cm³/mol. The summed E-state index contributed by atoms with van der Waals surface area (Å²) in [5.41, 5.74) is 2.14. The molecular formula is C10H20N2O. The van der Waals surface area contributed by atoms with Gasteiger partial charge in [-0.2, -0.15) is 5.10 Å². The number of carbonyl (C=O) groups excluding carboxylic acids is 1. The molecule has 0 bridgehead atoms. The van der Waals surface area contributed by atoms with E-state index in [1.165, 1.54) is 0 Å². The number of hydrogen-bond donors (Lipinski definition) is 1. The minimum atomic E-state index is -0.380. The van der Waals surface area contributed by atoms with Crippen LogP contribution >= 0.6 is 0 Å². The molecule has 0 spiro atoms. The molecule has 0 radical (unpaired) electrons. The van der Waals surface area contributed by atoms with Gasteiger partial charge in [-0.25, -0.2) is 5.43 Å². The van der Waals surface area contributed by atoms with E-state index in [1.54, 1.807) is 6.21 Å². The molecule has 0 rings (SSSR count). The first-order valence-corrected chi connectivity index (χ1v) is 4.47. The first-order valence-electron chi connectivity index (χ1n) is 4.47. The van der Waals surface area contributed by atoms with Gasteiger partial charge in [0.15, 0.2) is 0 Å². The lowest BCUT2D eigenvalue weighted by Gasteiger charge is -2.16. The number of hydrogen-bond acceptors (Lipinski definition) is 2. The van der Waals surface area contributed by atoms with E-state index in [0.29, 0.717) is 0 Å². The Morgan fingerprint density at radius 1 is 1.15 bits per heavy atom. The van der Waals surface area contributed by atoms with Crippen LogP contribution in [0.2, 0.25) is 0 Å². The van der Waals surface area contributed by atoms with E-state index in [0.717, 1.165) is 0 Å². The molecule has 0 aromatic heterocycles. The zero-order chi connectivity index (χ0) is 10.7. The predicted octanol–water partition coefficient (Wildman–Crippen LogP) is 2.18. The Morgan fingerprint density at radius 3 is 1.92 bits per heavy atom. The Balaban J connectivity index is 4.06. The lowest BCUT2D eigenvalue weighted by atomic mass is 9.96. The summed E-state index contributed by atoms with van der Waals surface area (Å²) in [5, 5.41) is 3.88. The van der Waals surface area contributed by atoms with Crippen LogP contribution in [-0.2, 0) is 4.79 Å². The molecule has 3 nitrogen and oxygen atoms in total. The van der Waals surface area contributed by atoms with Crippen LogP contribution in [0.25, 0.3) is 0 Å². The normalized spacial score (nSPS) is 13.4. The molecule has 0 aromatic rings. The van der Waals surface area contributed by atoms with Gasteiger partial charge >= 0.3 is 0 Å². The number of nitrogens with zero attached hydrogens (tertiary/aromatic N) is 1. The van der Waals surface area contributed by atoms with Crippen LogP contribution in [0, 0.1) is 10.8 Å². The van der Waals surface area contributed by atoms with Gasteiger partial charge in [-0.1, -0.05) is 41.5 Å². The lowest BCUT2D eigenvalue weighted by molar-refractivity contribution is -0.128. The Hall–Kier alpha value is -0.860. The second-order valence-electron chi connectivity index (χ2n) is 5.32. The summed E-state index contributed by atoms with van der Waals surface area (Å²) in [7, 11) is 0. The fraction of sp³-hybridized carbons (Fsp3) is 0.800. The zero-order valence-corrected chi connectivity index (χ0v) is 9.43. The molecule has 1 amide bonds. The van der Waals surface area contributed by atoms with Crippen molar-refractivity contribution in [1.29, 1.82) is 0 Å². The van der Waals surface area contributed by atoms with Crippen molar-refractivity contribution in [2.45, 2.75) is 41.5 Å². The molecule has 0 aliphatic heterocycles. The van der Waals surface area contributed by atoms with E-state index in [4.69, 9.17) is 0 Å². The van der Waals surface area contributed by atoms with Crippen LogP contribution in [-0.4, -0.2) is 12.1 Å². The summed E-state index contributed by atoms with van der Waals surface area (Å²) in [6, 6.07) is 0. The van der Waals surface area contributed by atoms with Crippen molar-refractivity contribution < 1.29 is 4.79 Å². The molecule has 0 unspecified atom stereocenters. The number of hydrazone groups is 1. The molecule has 0 heterocycles. The summed E-state index contributed by atoms with van der Waals surface area (Å²) in [6.45, 7) is 11.7. The fourth-order valence-electron chi connectivity index (χ4n) is 0.452. The number of rotatable bonds is 1. The summed E-state index contributed by atoms with van der Waals surface area (Å²) in [4.78, 5) is 11.3. The van der Waals surface area contributed by atoms with Crippen LogP contribution in [0.4, 0.5) is 0 Å². The fourth-order valence-corrected chi connectivity index (χ4v) is 0.452. The van der Waals surface area contributed by atoms with Gasteiger partial charge in [-0.3, -0.25) is 4.79 Å². The lowest BCUT2D eigenvalue weighted by Crippen LogP contribution is -2.31. The highest BCUT2D eigenvalue weighted by Crippen LogP contribution is 2.12. The monoisotopic (exact) mass is 184 g/mol. The smallest absolute Gasteiger partial charge is 0.245 e. The third-order valence-electron chi connectivity index (χ3n) is 1.30. The quantitative estimate of drug-likeness (QED) is 0.492. The van der Waals surface area contributed by atoms with Crippen LogP contribution in [0.3, 0.4) is 0 Å². The molecule has 0 saturated heterocycles. The highest BCUT2D eigenvalue weighted by molar-refractivity contribution is 5.82. The molecule has 0 saturated carbocycles. The molecule has 13 heavy (non-hydrogen) atoms. The van der Waals surface area contributed by atoms with Crippen LogP contribution < -0.4 is 5.43 Å². The standard InChI is InChI=1S/C10H20N2O/c1-9(2,3)7-11-12-8(13)10(4,5)6/h7H,1-6H3,(H,12,13)/b11-7+. The number of amides is 1. The van der Waals surface area contributed by atoms with Crippen molar-refractivity contribution in [2.75, 3.05) is 0 Å². The largest absolute Gasteiger partial charge is 0.273 e. The Morgan fingerprint density at radius 2 is 1.62 bits per heavy atom. The van der Waals surface area contributed by atoms with Gasteiger partial charge in [0.05, 0.1) is 0 Å². The summed E-state index contributed by atoms with van der Waals surface area (Å²) in [5.74, 6) is -0.0620. The summed E-state index contributed by atoms with van der Waals surface area (Å²) >= 11 is 0. The maximum absolute atomic E-state index is 11.3. The van der Waals surface area contributed by atoms with Crippen molar-refractivity contribution in [3.63, 3.8) is 0 Å². The summed E-state index contributed by atoms with van der Waals surface area (Å²) < 4.78 is 0. The van der Waals surface area contributed by atoms with E-state index < -0.39 is 0 Å². The zero-order valence-electron chi connectivity index (χ0n) is 9.43. The van der Waals surface area contributed by atoms with Crippen molar-refractivity contribution in [3.05, 3.63) is 0 Å². The highest BCUT2D eigenvalue weighted by atomic mass is 16.2. The third kappa shape index (κ3) is 6.31. The van der Waals surface area contributed by atoms with Gasteiger partial charge in [0.25, 0.3) is 0 Å². The van der Waals surface area contributed by atoms with Crippen molar-refractivity contribution in [2.24, 2.45) is 15.9 Å². The Labute approximate surface area is 80.6 Å². The molecule has 3 heteroatoms. The topological polar surface area (TPSA) is 41.5 Å². The van der Waals surface area contributed by atoms with E-state index in [1.807, 2.05) is 41.5 Å². The van der Waals surface area contributed by atoms with Crippen LogP contribution in [0.15, 0.2) is 5.10 Å². The van der Waals surface area contributed by atoms with Gasteiger partial charge in [0.2, 0.25) is 5.91 Å². The van der Waals surface area contributed by atoms with Gasteiger partial charge in [0.1, 0.15) is 0 Å². The number of nitrogens with one attached hydrogen (secondary N) is 1. The first-order chi connectivity index (χ1) is 5.63. The maximum atomic E-state index is 11.3. The van der Waals surface area contributed by atoms with Crippen molar-refractivity contribution in [3.8, 4) is 0 Å². The average Bonchev–Trinajstić information content (AvgIpc) is 1.82. The van der Waals surface area contributed by atoms with Gasteiger partial charge < -0.3 is 0 Å². The van der Waals surface area contributed by atoms with Gasteiger partial charge in [-0.05, 0) is 5.41 Å². The van der Waals surface area contributed by atoms with Crippen LogP contribution in [0.1, 0.15) is 41.5 Å². The SMILES string of the molecule is CC(C)(C)/C=N/NC(=O)C(C)(C)C. The molecule has 1 N–H and O–H groups in total. The Bertz CT molecular complexity index is 206. The molecular weight excluding hydrogens is 164 g/mol. The van der Waals surface area contributed by atoms with Gasteiger partial charge in [-0.15, -0.1) is 0 Å². The third-order valence-corrected chi connectivity index (χ3v) is 1.30. The molecule has 0 aliphatic rings. The minimum absolute atomic E-state index is 0.00512. The van der Waals surface area contributed by atoms with Gasteiger partial charge in [0, 0.05) is 11.6 Å². The molecule has 0 fully saturated rings. The maximum Gasteiger partial charge on any atom is 0.245 e. The minimum Gasteiger partial charge on any atom is -0.273 e. The van der Waals surface area contributed by atoms with E-state index in [-0.39, 0.29) is 16.7 Å². The Kier molecular flexibility index (Phi) is 3.64. The van der Waals surface area contributed by atoms with E-state index in [2.05, 4.69) is 10.5 Å². The summed E-state index contributed by atoms with van der Waals surface area (Å²) in [6.07, 6.45) is 1.73. The molecule has 0 atom stereocenters. The van der Waals surface area contributed by atoms with Crippen LogP contribution in [0.5, 0.6) is 0 Å². The molecule has 76 valence electrons. The van der Waals surface area contributed by atoms with E-state index >= 15 is 0 Å². The average molecular weight is 184 g/mol. The first kappa shape index (κ1) is 12.1.